The maximum Gasteiger partial charge on any atom is 0.124 e. The molecule has 0 N–H and O–H groups in total. The Hall–Kier alpha value is -1.02. The number of rotatable bonds is 5. The Balaban J connectivity index is 3.12. The van der Waals surface area contributed by atoms with Crippen LogP contribution in [0.2, 0.25) is 5.02 Å². The molecule has 1 aromatic carbocycles. The zero-order chi connectivity index (χ0) is 11.3. The Morgan fingerprint density at radius 1 is 1.33 bits per heavy atom. The molecule has 0 fully saturated rings. The molecule has 1 aromatic rings. The Labute approximate surface area is 95.2 Å². The number of hydrogen-bond donors (Lipinski definition) is 0. The predicted octanol–water partition coefficient (Wildman–Crippen LogP) is 3.04. The van der Waals surface area contributed by atoms with Crippen molar-refractivity contribution in [3.8, 4) is 5.75 Å². The first-order chi connectivity index (χ1) is 7.22. The van der Waals surface area contributed by atoms with Crippen LogP contribution in [-0.2, 0) is 17.6 Å². The summed E-state index contributed by atoms with van der Waals surface area (Å²) in [5.74, 6) is 0.769. The van der Waals surface area contributed by atoms with E-state index < -0.39 is 0 Å². The van der Waals surface area contributed by atoms with Crippen LogP contribution in [0.5, 0.6) is 5.75 Å². The molecule has 0 heterocycles. The molecule has 0 radical (unpaired) electrons. The second-order valence-corrected chi connectivity index (χ2v) is 3.62. The molecule has 0 saturated carbocycles. The Bertz CT molecular complexity index is 348. The van der Waals surface area contributed by atoms with Crippen LogP contribution < -0.4 is 4.74 Å². The average molecular weight is 227 g/mol. The van der Waals surface area contributed by atoms with Crippen LogP contribution in [-0.4, -0.2) is 12.9 Å². The van der Waals surface area contributed by atoms with E-state index in [0.29, 0.717) is 18.1 Å². The smallest absolute Gasteiger partial charge is 0.124 e. The summed E-state index contributed by atoms with van der Waals surface area (Å²) >= 11 is 6.07. The summed E-state index contributed by atoms with van der Waals surface area (Å²) < 4.78 is 5.47. The normalized spacial score (nSPS) is 10.1. The summed E-state index contributed by atoms with van der Waals surface area (Å²) in [5, 5.41) is 0.706. The van der Waals surface area contributed by atoms with Crippen molar-refractivity contribution in [1.29, 1.82) is 0 Å². The number of halogens is 1. The zero-order valence-corrected chi connectivity index (χ0v) is 9.80. The van der Waals surface area contributed by atoms with E-state index in [9.17, 15) is 4.79 Å². The molecule has 0 saturated heterocycles. The molecule has 82 valence electrons. The molecule has 0 aliphatic heterocycles. The molecule has 0 spiro atoms. The molecule has 15 heavy (non-hydrogen) atoms. The monoisotopic (exact) mass is 226 g/mol. The van der Waals surface area contributed by atoms with Gasteiger partial charge in [0, 0.05) is 17.0 Å². The van der Waals surface area contributed by atoms with Crippen molar-refractivity contribution in [2.45, 2.75) is 26.7 Å². The van der Waals surface area contributed by atoms with Gasteiger partial charge in [-0.3, -0.25) is 0 Å². The predicted molar refractivity (Wildman–Crippen MR) is 61.8 cm³/mol. The molecule has 0 aliphatic rings. The van der Waals surface area contributed by atoms with Gasteiger partial charge in [-0.15, -0.1) is 0 Å². The topological polar surface area (TPSA) is 26.3 Å². The lowest BCUT2D eigenvalue weighted by atomic mass is 10.1. The van der Waals surface area contributed by atoms with Gasteiger partial charge in [0.25, 0.3) is 0 Å². The van der Waals surface area contributed by atoms with Gasteiger partial charge in [-0.25, -0.2) is 0 Å². The number of aryl methyl sites for hydroxylation is 1. The summed E-state index contributed by atoms with van der Waals surface area (Å²) in [4.78, 5) is 10.5. The highest BCUT2D eigenvalue weighted by Gasteiger charge is 2.08. The summed E-state index contributed by atoms with van der Waals surface area (Å²) in [6.07, 6.45) is 2.07. The lowest BCUT2D eigenvalue weighted by Crippen LogP contribution is -1.99. The van der Waals surface area contributed by atoms with Gasteiger partial charge in [0.2, 0.25) is 0 Å². The number of aldehydes is 1. The average Bonchev–Trinajstić information content (AvgIpc) is 2.22. The van der Waals surface area contributed by atoms with E-state index in [1.165, 1.54) is 0 Å². The summed E-state index contributed by atoms with van der Waals surface area (Å²) in [6.45, 7) is 4.55. The van der Waals surface area contributed by atoms with E-state index in [0.717, 1.165) is 29.6 Å². The van der Waals surface area contributed by atoms with Gasteiger partial charge in [0.05, 0.1) is 6.61 Å². The van der Waals surface area contributed by atoms with E-state index >= 15 is 0 Å². The minimum Gasteiger partial charge on any atom is -0.494 e. The lowest BCUT2D eigenvalue weighted by molar-refractivity contribution is -0.107. The first-order valence-corrected chi connectivity index (χ1v) is 5.48. The van der Waals surface area contributed by atoms with Gasteiger partial charge in [-0.05, 0) is 31.0 Å². The fraction of sp³-hybridized carbons (Fsp3) is 0.417. The highest BCUT2D eigenvalue weighted by Crippen LogP contribution is 2.27. The number of carbonyl (C=O) groups excluding carboxylic acids is 1. The molecule has 1 rings (SSSR count). The van der Waals surface area contributed by atoms with Crippen LogP contribution in [0.25, 0.3) is 0 Å². The van der Waals surface area contributed by atoms with Gasteiger partial charge >= 0.3 is 0 Å². The third kappa shape index (κ3) is 2.96. The molecule has 0 aliphatic carbocycles. The van der Waals surface area contributed by atoms with Gasteiger partial charge in [-0.1, -0.05) is 18.5 Å². The lowest BCUT2D eigenvalue weighted by Gasteiger charge is -2.11. The fourth-order valence-electron chi connectivity index (χ4n) is 1.45. The standard InChI is InChI=1S/C12H15ClO2/c1-3-9-8-12(15-4-2)10(5-6-14)7-11(9)13/h6-8H,3-5H2,1-2H3. The molecule has 0 amide bonds. The highest BCUT2D eigenvalue weighted by atomic mass is 35.5. The van der Waals surface area contributed by atoms with Crippen LogP contribution in [0.15, 0.2) is 12.1 Å². The molecule has 0 aromatic heterocycles. The molecule has 0 bridgehead atoms. The van der Waals surface area contributed by atoms with Gasteiger partial charge in [0.15, 0.2) is 0 Å². The van der Waals surface area contributed by atoms with Crippen LogP contribution in [0, 0.1) is 0 Å². The second-order valence-electron chi connectivity index (χ2n) is 3.21. The van der Waals surface area contributed by atoms with Crippen molar-refractivity contribution in [2.24, 2.45) is 0 Å². The number of carbonyl (C=O) groups is 1. The van der Waals surface area contributed by atoms with Crippen molar-refractivity contribution in [3.63, 3.8) is 0 Å². The van der Waals surface area contributed by atoms with E-state index in [-0.39, 0.29) is 0 Å². The first kappa shape index (κ1) is 12.1. The third-order valence-electron chi connectivity index (χ3n) is 2.21. The van der Waals surface area contributed by atoms with Crippen LogP contribution >= 0.6 is 11.6 Å². The largest absolute Gasteiger partial charge is 0.494 e. The third-order valence-corrected chi connectivity index (χ3v) is 2.57. The maximum atomic E-state index is 10.5. The van der Waals surface area contributed by atoms with E-state index in [2.05, 4.69) is 0 Å². The zero-order valence-electron chi connectivity index (χ0n) is 9.05. The number of benzene rings is 1. The van der Waals surface area contributed by atoms with E-state index in [1.807, 2.05) is 26.0 Å². The summed E-state index contributed by atoms with van der Waals surface area (Å²) in [7, 11) is 0. The second kappa shape index (κ2) is 5.76. The van der Waals surface area contributed by atoms with Crippen molar-refractivity contribution in [1.82, 2.24) is 0 Å². The highest BCUT2D eigenvalue weighted by molar-refractivity contribution is 6.31. The Morgan fingerprint density at radius 3 is 2.60 bits per heavy atom. The number of ether oxygens (including phenoxy) is 1. The Morgan fingerprint density at radius 2 is 2.07 bits per heavy atom. The van der Waals surface area contributed by atoms with Crippen molar-refractivity contribution < 1.29 is 9.53 Å². The van der Waals surface area contributed by atoms with Gasteiger partial charge in [-0.2, -0.15) is 0 Å². The minimum absolute atomic E-state index is 0.346. The summed E-state index contributed by atoms with van der Waals surface area (Å²) in [6, 6.07) is 3.74. The minimum atomic E-state index is 0.346. The maximum absolute atomic E-state index is 10.5. The van der Waals surface area contributed by atoms with Crippen LogP contribution in [0.3, 0.4) is 0 Å². The Kier molecular flexibility index (Phi) is 4.63. The SMILES string of the molecule is CCOc1cc(CC)c(Cl)cc1CC=O. The van der Waals surface area contributed by atoms with Crippen molar-refractivity contribution in [3.05, 3.63) is 28.3 Å². The van der Waals surface area contributed by atoms with Crippen molar-refractivity contribution in [2.75, 3.05) is 6.61 Å². The van der Waals surface area contributed by atoms with E-state index in [4.69, 9.17) is 16.3 Å². The quantitative estimate of drug-likeness (QED) is 0.722. The van der Waals surface area contributed by atoms with E-state index in [1.54, 1.807) is 0 Å². The molecule has 0 atom stereocenters. The molecular weight excluding hydrogens is 212 g/mol. The molecule has 0 unspecified atom stereocenters. The van der Waals surface area contributed by atoms with Crippen LogP contribution in [0.4, 0.5) is 0 Å². The van der Waals surface area contributed by atoms with Crippen molar-refractivity contribution >= 4 is 17.9 Å². The van der Waals surface area contributed by atoms with Gasteiger partial charge in [0.1, 0.15) is 12.0 Å². The first-order valence-electron chi connectivity index (χ1n) is 5.10. The fourth-order valence-corrected chi connectivity index (χ4v) is 1.77. The molecule has 2 nitrogen and oxygen atoms in total. The number of hydrogen-bond acceptors (Lipinski definition) is 2. The molecule has 3 heteroatoms. The van der Waals surface area contributed by atoms with Gasteiger partial charge < -0.3 is 9.53 Å². The molecular formula is C12H15ClO2. The summed E-state index contributed by atoms with van der Waals surface area (Å²) in [5.41, 5.74) is 1.91. The van der Waals surface area contributed by atoms with Crippen LogP contribution in [0.1, 0.15) is 25.0 Å².